The highest BCUT2D eigenvalue weighted by molar-refractivity contribution is 7.91. The predicted octanol–water partition coefficient (Wildman–Crippen LogP) is 4.15. The minimum absolute atomic E-state index is 0.136. The molecule has 3 aromatic rings. The average molecular weight is 443 g/mol. The van der Waals surface area contributed by atoms with Crippen LogP contribution in [-0.4, -0.2) is 24.6 Å². The third-order valence-corrected chi connectivity index (χ3v) is 7.31. The van der Waals surface area contributed by atoms with Crippen LogP contribution in [0.2, 0.25) is 10.0 Å². The zero-order chi connectivity index (χ0) is 19.8. The van der Waals surface area contributed by atoms with Gasteiger partial charge in [-0.1, -0.05) is 34.5 Å². The Balaban J connectivity index is 1.83. The zero-order valence-electron chi connectivity index (χ0n) is 14.6. The van der Waals surface area contributed by atoms with Crippen molar-refractivity contribution in [3.63, 3.8) is 0 Å². The molecular weight excluding hydrogens is 427 g/mol. The Morgan fingerprint density at radius 1 is 1.15 bits per heavy atom. The van der Waals surface area contributed by atoms with E-state index < -0.39 is 15.7 Å². The summed E-state index contributed by atoms with van der Waals surface area (Å²) < 4.78 is 27.4. The fourth-order valence-corrected chi connectivity index (χ4v) is 5.56. The van der Waals surface area contributed by atoms with Crippen LogP contribution in [0.3, 0.4) is 0 Å². The summed E-state index contributed by atoms with van der Waals surface area (Å²) >= 11 is 13.2. The van der Waals surface area contributed by atoms with Crippen LogP contribution < -0.4 is 4.80 Å². The Kier molecular flexibility index (Phi) is 5.76. The minimum Gasteiger partial charge on any atom is -0.319 e. The summed E-state index contributed by atoms with van der Waals surface area (Å²) in [4.78, 5) is 17.0. The van der Waals surface area contributed by atoms with E-state index in [1.54, 1.807) is 0 Å². The van der Waals surface area contributed by atoms with Gasteiger partial charge in [-0.3, -0.25) is 4.79 Å². The van der Waals surface area contributed by atoms with Crippen LogP contribution in [0, 0.1) is 6.92 Å². The molecule has 3 rings (SSSR count). The molecule has 1 amide bonds. The Hall–Kier alpha value is -1.67. The lowest BCUT2D eigenvalue weighted by atomic mass is 10.2. The van der Waals surface area contributed by atoms with Crippen LogP contribution in [-0.2, 0) is 21.7 Å². The molecule has 0 unspecified atom stereocenters. The van der Waals surface area contributed by atoms with Gasteiger partial charge in [0, 0.05) is 23.5 Å². The Labute approximate surface area is 170 Å². The van der Waals surface area contributed by atoms with Gasteiger partial charge in [-0.25, -0.2) is 8.42 Å². The van der Waals surface area contributed by atoms with Gasteiger partial charge in [-0.2, -0.15) is 4.99 Å². The van der Waals surface area contributed by atoms with Crippen molar-refractivity contribution in [2.75, 3.05) is 5.75 Å². The first kappa shape index (κ1) is 20.1. The van der Waals surface area contributed by atoms with Crippen molar-refractivity contribution in [1.82, 2.24) is 4.57 Å². The van der Waals surface area contributed by atoms with E-state index in [1.807, 2.05) is 30.7 Å². The van der Waals surface area contributed by atoms with Crippen molar-refractivity contribution in [2.24, 2.45) is 12.0 Å². The number of hydrogen-bond donors (Lipinski definition) is 0. The van der Waals surface area contributed by atoms with Crippen molar-refractivity contribution >= 4 is 60.5 Å². The smallest absolute Gasteiger partial charge is 0.249 e. The van der Waals surface area contributed by atoms with Crippen LogP contribution >= 0.6 is 34.5 Å². The molecule has 2 aromatic carbocycles. The second-order valence-electron chi connectivity index (χ2n) is 6.04. The molecule has 0 aliphatic rings. The minimum atomic E-state index is -3.57. The summed E-state index contributed by atoms with van der Waals surface area (Å²) in [7, 11) is -1.76. The van der Waals surface area contributed by atoms with Crippen molar-refractivity contribution in [3.05, 3.63) is 56.8 Å². The maximum Gasteiger partial charge on any atom is 0.249 e. The summed E-state index contributed by atoms with van der Waals surface area (Å²) in [6.45, 7) is 1.94. The average Bonchev–Trinajstić information content (AvgIpc) is 2.89. The number of benzene rings is 2. The monoisotopic (exact) mass is 442 g/mol. The first-order valence-corrected chi connectivity index (χ1v) is 11.2. The van der Waals surface area contributed by atoms with Crippen molar-refractivity contribution in [1.29, 1.82) is 0 Å². The highest BCUT2D eigenvalue weighted by Gasteiger charge is 2.16. The number of fused-ring (bicyclic) bond motifs is 1. The van der Waals surface area contributed by atoms with Crippen LogP contribution in [0.1, 0.15) is 12.0 Å². The van der Waals surface area contributed by atoms with Crippen molar-refractivity contribution in [2.45, 2.75) is 18.2 Å². The Bertz CT molecular complexity index is 1190. The molecular formula is C18H16Cl2N2O3S2. The molecule has 0 saturated carbocycles. The molecule has 0 saturated heterocycles. The fourth-order valence-electron chi connectivity index (χ4n) is 2.72. The second-order valence-corrected chi connectivity index (χ2v) is 10.0. The number of amides is 1. The number of nitrogens with zero attached hydrogens (tertiary/aromatic N) is 2. The fraction of sp³-hybridized carbons (Fsp3) is 0.222. The number of hydrogen-bond acceptors (Lipinski definition) is 4. The number of halogens is 2. The van der Waals surface area contributed by atoms with Gasteiger partial charge in [-0.05, 0) is 48.9 Å². The maximum atomic E-state index is 12.3. The number of carbonyl (C=O) groups excluding carboxylic acids is 1. The standard InChI is InChI=1S/C18H16Cl2N2O3S2/c1-11-9-13(20)10-15-17(11)22(2)18(26-15)21-16(23)7-8-27(24,25)14-5-3-12(19)4-6-14/h3-6,9-10H,7-8H2,1-2H3. The molecule has 0 aliphatic carbocycles. The summed E-state index contributed by atoms with van der Waals surface area (Å²) in [6, 6.07) is 9.54. The van der Waals surface area contributed by atoms with Crippen LogP contribution in [0.15, 0.2) is 46.3 Å². The molecule has 0 atom stereocenters. The lowest BCUT2D eigenvalue weighted by Crippen LogP contribution is -2.16. The molecule has 0 bridgehead atoms. The van der Waals surface area contributed by atoms with Gasteiger partial charge in [0.1, 0.15) is 0 Å². The molecule has 1 heterocycles. The Morgan fingerprint density at radius 2 is 1.81 bits per heavy atom. The maximum absolute atomic E-state index is 12.3. The number of carbonyl (C=O) groups is 1. The molecule has 9 heteroatoms. The zero-order valence-corrected chi connectivity index (χ0v) is 17.7. The molecule has 27 heavy (non-hydrogen) atoms. The van der Waals surface area contributed by atoms with E-state index in [-0.39, 0.29) is 17.1 Å². The van der Waals surface area contributed by atoms with Gasteiger partial charge in [0.05, 0.1) is 20.9 Å². The number of aromatic nitrogens is 1. The number of aryl methyl sites for hydroxylation is 2. The second kappa shape index (κ2) is 7.75. The van der Waals surface area contributed by atoms with Crippen molar-refractivity contribution in [3.8, 4) is 0 Å². The van der Waals surface area contributed by atoms with Gasteiger partial charge in [-0.15, -0.1) is 0 Å². The van der Waals surface area contributed by atoms with E-state index in [2.05, 4.69) is 4.99 Å². The third kappa shape index (κ3) is 4.43. The van der Waals surface area contributed by atoms with E-state index in [1.165, 1.54) is 35.6 Å². The summed E-state index contributed by atoms with van der Waals surface area (Å²) in [5, 5.41) is 1.07. The molecule has 142 valence electrons. The van der Waals surface area contributed by atoms with Gasteiger partial charge >= 0.3 is 0 Å². The number of thiazole rings is 1. The molecule has 0 spiro atoms. The van der Waals surface area contributed by atoms with Crippen LogP contribution in [0.5, 0.6) is 0 Å². The first-order valence-electron chi connectivity index (χ1n) is 7.99. The predicted molar refractivity (Wildman–Crippen MR) is 109 cm³/mol. The highest BCUT2D eigenvalue weighted by atomic mass is 35.5. The summed E-state index contributed by atoms with van der Waals surface area (Å²) in [6.07, 6.45) is -0.195. The van der Waals surface area contributed by atoms with Gasteiger partial charge in [0.2, 0.25) is 5.91 Å². The lowest BCUT2D eigenvalue weighted by Gasteiger charge is -2.03. The van der Waals surface area contributed by atoms with Crippen LogP contribution in [0.25, 0.3) is 10.2 Å². The SMILES string of the molecule is Cc1cc(Cl)cc2sc(=NC(=O)CCS(=O)(=O)c3ccc(Cl)cc3)n(C)c12. The normalized spacial score (nSPS) is 12.7. The molecule has 0 N–H and O–H groups in total. The molecule has 5 nitrogen and oxygen atoms in total. The molecule has 0 radical (unpaired) electrons. The topological polar surface area (TPSA) is 68.5 Å². The van der Waals surface area contributed by atoms with Crippen molar-refractivity contribution < 1.29 is 13.2 Å². The van der Waals surface area contributed by atoms with E-state index in [0.29, 0.717) is 14.8 Å². The number of sulfone groups is 1. The summed E-state index contributed by atoms with van der Waals surface area (Å²) in [5.41, 5.74) is 1.93. The largest absolute Gasteiger partial charge is 0.319 e. The molecule has 0 fully saturated rings. The van der Waals surface area contributed by atoms with Crippen LogP contribution in [0.4, 0.5) is 0 Å². The van der Waals surface area contributed by atoms with E-state index in [9.17, 15) is 13.2 Å². The van der Waals surface area contributed by atoms with Gasteiger partial charge in [0.25, 0.3) is 0 Å². The van der Waals surface area contributed by atoms with E-state index in [0.717, 1.165) is 15.8 Å². The quantitative estimate of drug-likeness (QED) is 0.609. The third-order valence-electron chi connectivity index (χ3n) is 4.03. The number of rotatable bonds is 4. The van der Waals surface area contributed by atoms with E-state index in [4.69, 9.17) is 23.2 Å². The lowest BCUT2D eigenvalue weighted by molar-refractivity contribution is -0.117. The summed E-state index contributed by atoms with van der Waals surface area (Å²) in [5.74, 6) is -0.797. The van der Waals surface area contributed by atoms with E-state index >= 15 is 0 Å². The molecule has 0 aliphatic heterocycles. The Morgan fingerprint density at radius 3 is 2.48 bits per heavy atom. The van der Waals surface area contributed by atoms with Gasteiger partial charge < -0.3 is 4.57 Å². The highest BCUT2D eigenvalue weighted by Crippen LogP contribution is 2.25. The first-order chi connectivity index (χ1) is 12.7. The van der Waals surface area contributed by atoms with Gasteiger partial charge in [0.15, 0.2) is 14.6 Å². The molecule has 1 aromatic heterocycles.